The number of aromatic nitrogens is 2. The van der Waals surface area contributed by atoms with Gasteiger partial charge in [-0.2, -0.15) is 0 Å². The van der Waals surface area contributed by atoms with Gasteiger partial charge in [0.2, 0.25) is 11.8 Å². The number of amides is 2. The molecule has 2 amide bonds. The Kier molecular flexibility index (Phi) is 6.30. The van der Waals surface area contributed by atoms with E-state index in [0.29, 0.717) is 15.7 Å². The molecule has 3 rings (SSSR count). The molecule has 0 fully saturated rings. The lowest BCUT2D eigenvalue weighted by molar-refractivity contribution is -0.133. The summed E-state index contributed by atoms with van der Waals surface area (Å²) in [5.74, 6) is -0.677. The largest absolute Gasteiger partial charge is 0.336 e. The Labute approximate surface area is 177 Å². The second kappa shape index (κ2) is 8.71. The van der Waals surface area contributed by atoms with Crippen LogP contribution in [-0.2, 0) is 23.2 Å². The molecular formula is C20H20Cl2N4O3. The molecule has 1 heterocycles. The standard InChI is InChI=1S/C20H20Cl2N4O3/c1-24(12-17(27)23-19-13(21)6-5-7-14(19)22)18(28)10-11-26-16-9-4-3-8-15(16)25(2)20(26)29/h3-9H,10-12H2,1-2H3,(H,23,27). The molecule has 7 nitrogen and oxygen atoms in total. The summed E-state index contributed by atoms with van der Waals surface area (Å²) >= 11 is 12.1. The maximum Gasteiger partial charge on any atom is 0.328 e. The molecule has 1 N–H and O–H groups in total. The van der Waals surface area contributed by atoms with Gasteiger partial charge in [0.1, 0.15) is 0 Å². The minimum Gasteiger partial charge on any atom is -0.336 e. The number of para-hydroxylation sites is 3. The molecule has 0 radical (unpaired) electrons. The maximum absolute atomic E-state index is 12.5. The molecule has 9 heteroatoms. The first-order valence-corrected chi connectivity index (χ1v) is 9.67. The number of halogens is 2. The molecule has 2 aromatic carbocycles. The van der Waals surface area contributed by atoms with E-state index in [1.54, 1.807) is 34.4 Å². The van der Waals surface area contributed by atoms with Crippen molar-refractivity contribution < 1.29 is 9.59 Å². The Bertz CT molecular complexity index is 1120. The second-order valence-corrected chi connectivity index (χ2v) is 7.44. The van der Waals surface area contributed by atoms with Gasteiger partial charge in [-0.15, -0.1) is 0 Å². The molecule has 0 atom stereocenters. The number of aryl methyl sites for hydroxylation is 2. The second-order valence-electron chi connectivity index (χ2n) is 6.63. The van der Waals surface area contributed by atoms with Crippen LogP contribution in [0.2, 0.25) is 10.0 Å². The van der Waals surface area contributed by atoms with E-state index in [2.05, 4.69) is 5.32 Å². The van der Waals surface area contributed by atoms with Crippen LogP contribution in [0, 0.1) is 0 Å². The molecule has 0 bridgehead atoms. The van der Waals surface area contributed by atoms with Crippen molar-refractivity contribution in [3.63, 3.8) is 0 Å². The minimum atomic E-state index is -0.418. The number of carbonyl (C=O) groups excluding carboxylic acids is 2. The molecule has 152 valence electrons. The predicted octanol–water partition coefficient (Wildman–Crippen LogP) is 3.13. The summed E-state index contributed by atoms with van der Waals surface area (Å²) in [6.07, 6.45) is 0.0878. The summed E-state index contributed by atoms with van der Waals surface area (Å²) in [4.78, 5) is 38.5. The summed E-state index contributed by atoms with van der Waals surface area (Å²) in [5.41, 5.74) is 1.69. The lowest BCUT2D eigenvalue weighted by Crippen LogP contribution is -2.36. The molecule has 1 aromatic heterocycles. The van der Waals surface area contributed by atoms with Crippen LogP contribution in [0.5, 0.6) is 0 Å². The quantitative estimate of drug-likeness (QED) is 0.647. The van der Waals surface area contributed by atoms with Gasteiger partial charge in [0.05, 0.1) is 33.3 Å². The minimum absolute atomic E-state index is 0.0878. The van der Waals surface area contributed by atoms with Gasteiger partial charge in [0.15, 0.2) is 0 Å². The van der Waals surface area contributed by atoms with Crippen LogP contribution in [0.3, 0.4) is 0 Å². The van der Waals surface area contributed by atoms with E-state index < -0.39 is 5.91 Å². The Balaban J connectivity index is 1.62. The van der Waals surface area contributed by atoms with Crippen molar-refractivity contribution in [2.24, 2.45) is 7.05 Å². The molecule has 0 aliphatic carbocycles. The van der Waals surface area contributed by atoms with Crippen LogP contribution in [-0.4, -0.2) is 39.4 Å². The number of hydrogen-bond donors (Lipinski definition) is 1. The van der Waals surface area contributed by atoms with Crippen molar-refractivity contribution >= 4 is 51.7 Å². The SMILES string of the molecule is CN(CC(=O)Nc1c(Cl)cccc1Cl)C(=O)CCn1c(=O)n(C)c2ccccc21. The van der Waals surface area contributed by atoms with Crippen molar-refractivity contribution in [2.45, 2.75) is 13.0 Å². The zero-order valence-electron chi connectivity index (χ0n) is 16.0. The van der Waals surface area contributed by atoms with Gasteiger partial charge in [-0.25, -0.2) is 4.79 Å². The fraction of sp³-hybridized carbons (Fsp3) is 0.250. The lowest BCUT2D eigenvalue weighted by Gasteiger charge is -2.17. The molecule has 0 spiro atoms. The maximum atomic E-state index is 12.5. The third-order valence-electron chi connectivity index (χ3n) is 4.63. The van der Waals surface area contributed by atoms with Crippen LogP contribution in [0.1, 0.15) is 6.42 Å². The average molecular weight is 435 g/mol. The summed E-state index contributed by atoms with van der Waals surface area (Å²) in [6.45, 7) is 0.0616. The molecule has 0 aliphatic rings. The lowest BCUT2D eigenvalue weighted by atomic mass is 10.3. The number of likely N-dealkylation sites (N-methyl/N-ethyl adjacent to an activating group) is 1. The first kappa shape index (κ1) is 21.0. The predicted molar refractivity (Wildman–Crippen MR) is 115 cm³/mol. The molecule has 3 aromatic rings. The summed E-state index contributed by atoms with van der Waals surface area (Å²) in [5, 5.41) is 3.25. The number of hydrogen-bond acceptors (Lipinski definition) is 3. The normalized spacial score (nSPS) is 10.9. The van der Waals surface area contributed by atoms with Gasteiger partial charge in [-0.3, -0.25) is 18.7 Å². The van der Waals surface area contributed by atoms with Crippen molar-refractivity contribution in [2.75, 3.05) is 18.9 Å². The van der Waals surface area contributed by atoms with Crippen molar-refractivity contribution in [1.29, 1.82) is 0 Å². The summed E-state index contributed by atoms with van der Waals surface area (Å²) in [7, 11) is 3.22. The number of fused-ring (bicyclic) bond motifs is 1. The number of nitrogens with zero attached hydrogens (tertiary/aromatic N) is 3. The van der Waals surface area contributed by atoms with Gasteiger partial charge in [-0.1, -0.05) is 41.4 Å². The molecule has 29 heavy (non-hydrogen) atoms. The van der Waals surface area contributed by atoms with E-state index >= 15 is 0 Å². The Hall–Kier alpha value is -2.77. The number of benzene rings is 2. The van der Waals surface area contributed by atoms with E-state index in [-0.39, 0.29) is 31.1 Å². The van der Waals surface area contributed by atoms with Gasteiger partial charge in [0, 0.05) is 27.1 Å². The van der Waals surface area contributed by atoms with Crippen LogP contribution in [0.4, 0.5) is 5.69 Å². The molecule has 0 unspecified atom stereocenters. The highest BCUT2D eigenvalue weighted by molar-refractivity contribution is 6.39. The van der Waals surface area contributed by atoms with Gasteiger partial charge in [-0.05, 0) is 24.3 Å². The summed E-state index contributed by atoms with van der Waals surface area (Å²) < 4.78 is 3.11. The first-order chi connectivity index (χ1) is 13.8. The van der Waals surface area contributed by atoms with E-state index in [1.165, 1.54) is 11.9 Å². The zero-order chi connectivity index (χ0) is 21.1. The van der Waals surface area contributed by atoms with Crippen LogP contribution < -0.4 is 11.0 Å². The van der Waals surface area contributed by atoms with E-state index in [9.17, 15) is 14.4 Å². The first-order valence-electron chi connectivity index (χ1n) is 8.91. The third-order valence-corrected chi connectivity index (χ3v) is 5.26. The Morgan fingerprint density at radius 3 is 2.31 bits per heavy atom. The number of carbonyl (C=O) groups is 2. The van der Waals surface area contributed by atoms with Crippen LogP contribution in [0.15, 0.2) is 47.3 Å². The van der Waals surface area contributed by atoms with Gasteiger partial charge in [0.25, 0.3) is 0 Å². The average Bonchev–Trinajstić information content (AvgIpc) is 2.93. The Morgan fingerprint density at radius 2 is 1.66 bits per heavy atom. The number of nitrogens with one attached hydrogen (secondary N) is 1. The fourth-order valence-corrected chi connectivity index (χ4v) is 3.57. The number of anilines is 1. The zero-order valence-corrected chi connectivity index (χ0v) is 17.5. The summed E-state index contributed by atoms with van der Waals surface area (Å²) in [6, 6.07) is 12.3. The van der Waals surface area contributed by atoms with Crippen LogP contribution in [0.25, 0.3) is 11.0 Å². The Morgan fingerprint density at radius 1 is 1.03 bits per heavy atom. The fourth-order valence-electron chi connectivity index (χ4n) is 3.08. The van der Waals surface area contributed by atoms with E-state index in [1.807, 2.05) is 24.3 Å². The third kappa shape index (κ3) is 4.46. The van der Waals surface area contributed by atoms with E-state index in [0.717, 1.165) is 11.0 Å². The van der Waals surface area contributed by atoms with Crippen molar-refractivity contribution in [1.82, 2.24) is 14.0 Å². The molecular weight excluding hydrogens is 415 g/mol. The smallest absolute Gasteiger partial charge is 0.328 e. The van der Waals surface area contributed by atoms with Crippen molar-refractivity contribution in [3.05, 3.63) is 63.0 Å². The number of imidazole rings is 1. The topological polar surface area (TPSA) is 76.3 Å². The monoisotopic (exact) mass is 434 g/mol. The van der Waals surface area contributed by atoms with E-state index in [4.69, 9.17) is 23.2 Å². The molecule has 0 aliphatic heterocycles. The van der Waals surface area contributed by atoms with Crippen molar-refractivity contribution in [3.8, 4) is 0 Å². The van der Waals surface area contributed by atoms with Gasteiger partial charge >= 0.3 is 5.69 Å². The highest BCUT2D eigenvalue weighted by Gasteiger charge is 2.17. The number of rotatable bonds is 6. The molecule has 0 saturated carbocycles. The van der Waals surface area contributed by atoms with Crippen LogP contribution >= 0.6 is 23.2 Å². The highest BCUT2D eigenvalue weighted by Crippen LogP contribution is 2.29. The highest BCUT2D eigenvalue weighted by atomic mass is 35.5. The van der Waals surface area contributed by atoms with Gasteiger partial charge < -0.3 is 10.2 Å². The molecule has 0 saturated heterocycles.